The highest BCUT2D eigenvalue weighted by Crippen LogP contribution is 1.93. The maximum Gasteiger partial charge on any atom is 0.105 e. The lowest BCUT2D eigenvalue weighted by Gasteiger charge is -2.19. The van der Waals surface area contributed by atoms with E-state index >= 15 is 0 Å². The van der Waals surface area contributed by atoms with Crippen molar-refractivity contribution in [3.8, 4) is 0 Å². The number of rotatable bonds is 0. The molecule has 2 nitrogen and oxygen atoms in total. The molecule has 0 saturated carbocycles. The fraction of sp³-hybridized carbons (Fsp3) is 1.00. The second-order valence-corrected chi connectivity index (χ2v) is 1.82. The number of hydrogen-bond donors (Lipinski definition) is 1. The van der Waals surface area contributed by atoms with Crippen LogP contribution in [0.4, 0.5) is 0 Å². The van der Waals surface area contributed by atoms with Gasteiger partial charge in [0.2, 0.25) is 0 Å². The first kappa shape index (κ1) is 8.21. The fourth-order valence-electron chi connectivity index (χ4n) is 0.697. The van der Waals surface area contributed by atoms with Crippen LogP contribution in [0.5, 0.6) is 0 Å². The van der Waals surface area contributed by atoms with Gasteiger partial charge in [-0.1, -0.05) is 0 Å². The highest BCUT2D eigenvalue weighted by molar-refractivity contribution is 5.85. The average Bonchev–Trinajstić information content (AvgIpc) is 1.69. The van der Waals surface area contributed by atoms with Crippen LogP contribution in [0.15, 0.2) is 0 Å². The van der Waals surface area contributed by atoms with Gasteiger partial charge >= 0.3 is 0 Å². The van der Waals surface area contributed by atoms with E-state index in [1.54, 1.807) is 0 Å². The standard InChI is InChI=1S/C5H11NO.ClH/c1-5-6-3-2-4-7-5;/h5-6H,2-4H2,1H3;1H. The fourth-order valence-corrected chi connectivity index (χ4v) is 0.697. The predicted octanol–water partition coefficient (Wildman–Crippen LogP) is 0.764. The molecule has 8 heavy (non-hydrogen) atoms. The molecule has 0 aliphatic carbocycles. The van der Waals surface area contributed by atoms with Crippen LogP contribution in [0.2, 0.25) is 0 Å². The lowest BCUT2D eigenvalue weighted by molar-refractivity contribution is 0.0139. The molecule has 3 heteroatoms. The summed E-state index contributed by atoms with van der Waals surface area (Å²) in [6, 6.07) is 0. The van der Waals surface area contributed by atoms with E-state index in [1.165, 1.54) is 0 Å². The van der Waals surface area contributed by atoms with Gasteiger partial charge in [0, 0.05) is 6.61 Å². The van der Waals surface area contributed by atoms with E-state index in [9.17, 15) is 0 Å². The van der Waals surface area contributed by atoms with Crippen LogP contribution in [-0.4, -0.2) is 19.4 Å². The quantitative estimate of drug-likeness (QED) is 0.533. The van der Waals surface area contributed by atoms with Gasteiger partial charge in [-0.2, -0.15) is 0 Å². The maximum absolute atomic E-state index is 5.17. The summed E-state index contributed by atoms with van der Waals surface area (Å²) >= 11 is 0. The first-order valence-corrected chi connectivity index (χ1v) is 2.74. The second-order valence-electron chi connectivity index (χ2n) is 1.82. The van der Waals surface area contributed by atoms with Gasteiger partial charge in [-0.3, -0.25) is 5.32 Å². The Labute approximate surface area is 56.0 Å². The van der Waals surface area contributed by atoms with Crippen molar-refractivity contribution in [1.82, 2.24) is 5.32 Å². The summed E-state index contributed by atoms with van der Waals surface area (Å²) in [5, 5.41) is 3.16. The maximum atomic E-state index is 5.17. The molecule has 1 N–H and O–H groups in total. The summed E-state index contributed by atoms with van der Waals surface area (Å²) in [4.78, 5) is 0. The van der Waals surface area contributed by atoms with E-state index in [-0.39, 0.29) is 18.6 Å². The molecule has 0 amide bonds. The monoisotopic (exact) mass is 137 g/mol. The van der Waals surface area contributed by atoms with E-state index in [0.29, 0.717) is 0 Å². The van der Waals surface area contributed by atoms with Crippen molar-refractivity contribution in [3.63, 3.8) is 0 Å². The van der Waals surface area contributed by atoms with Crippen LogP contribution < -0.4 is 5.32 Å². The Balaban J connectivity index is 0.000000490. The van der Waals surface area contributed by atoms with Crippen LogP contribution in [-0.2, 0) is 4.74 Å². The Morgan fingerprint density at radius 3 is 2.62 bits per heavy atom. The van der Waals surface area contributed by atoms with Crippen LogP contribution >= 0.6 is 12.4 Å². The third-order valence-corrected chi connectivity index (χ3v) is 1.12. The molecular formula is C5H12ClNO. The second kappa shape index (κ2) is 4.13. The summed E-state index contributed by atoms with van der Waals surface area (Å²) in [7, 11) is 0. The average molecular weight is 138 g/mol. The molecule has 1 heterocycles. The van der Waals surface area contributed by atoms with Gasteiger partial charge in [0.25, 0.3) is 0 Å². The molecular weight excluding hydrogens is 126 g/mol. The van der Waals surface area contributed by atoms with E-state index in [1.807, 2.05) is 6.92 Å². The third kappa shape index (κ3) is 2.50. The minimum Gasteiger partial charge on any atom is -0.364 e. The number of ether oxygens (including phenoxy) is 1. The molecule has 1 atom stereocenters. The van der Waals surface area contributed by atoms with Crippen LogP contribution in [0, 0.1) is 0 Å². The molecule has 1 fully saturated rings. The van der Waals surface area contributed by atoms with Gasteiger partial charge in [-0.25, -0.2) is 0 Å². The SMILES string of the molecule is CC1NCCCO1.Cl. The van der Waals surface area contributed by atoms with Crippen LogP contribution in [0.1, 0.15) is 13.3 Å². The van der Waals surface area contributed by atoms with E-state index in [2.05, 4.69) is 5.32 Å². The molecule has 1 aliphatic rings. The van der Waals surface area contributed by atoms with Crippen LogP contribution in [0.25, 0.3) is 0 Å². The highest BCUT2D eigenvalue weighted by Gasteiger charge is 2.04. The van der Waals surface area contributed by atoms with Crippen molar-refractivity contribution in [2.24, 2.45) is 0 Å². The van der Waals surface area contributed by atoms with E-state index < -0.39 is 0 Å². The normalized spacial score (nSPS) is 28.9. The Kier molecular flexibility index (Phi) is 4.23. The first-order chi connectivity index (χ1) is 3.39. The Morgan fingerprint density at radius 2 is 2.38 bits per heavy atom. The smallest absolute Gasteiger partial charge is 0.105 e. The molecule has 0 aromatic rings. The van der Waals surface area contributed by atoms with Crippen molar-refractivity contribution >= 4 is 12.4 Å². The first-order valence-electron chi connectivity index (χ1n) is 2.74. The minimum atomic E-state index is 0. The molecule has 50 valence electrons. The van der Waals surface area contributed by atoms with Crippen molar-refractivity contribution in [2.45, 2.75) is 19.6 Å². The molecule has 0 spiro atoms. The molecule has 1 aliphatic heterocycles. The lowest BCUT2D eigenvalue weighted by atomic mass is 10.4. The number of halogens is 1. The minimum absolute atomic E-state index is 0. The van der Waals surface area contributed by atoms with Gasteiger partial charge in [0.1, 0.15) is 6.23 Å². The van der Waals surface area contributed by atoms with Crippen LogP contribution in [0.3, 0.4) is 0 Å². The number of hydrogen-bond acceptors (Lipinski definition) is 2. The molecule has 0 aromatic carbocycles. The number of nitrogens with one attached hydrogen (secondary N) is 1. The van der Waals surface area contributed by atoms with Crippen molar-refractivity contribution in [1.29, 1.82) is 0 Å². The Hall–Kier alpha value is 0.210. The Bertz CT molecular complexity index is 54.4. The van der Waals surface area contributed by atoms with Gasteiger partial charge in [-0.15, -0.1) is 12.4 Å². The van der Waals surface area contributed by atoms with E-state index in [0.717, 1.165) is 19.6 Å². The summed E-state index contributed by atoms with van der Waals surface area (Å²) in [6.45, 7) is 4.06. The Morgan fingerprint density at radius 1 is 1.62 bits per heavy atom. The van der Waals surface area contributed by atoms with E-state index in [4.69, 9.17) is 4.74 Å². The van der Waals surface area contributed by atoms with Gasteiger partial charge in [0.15, 0.2) is 0 Å². The summed E-state index contributed by atoms with van der Waals surface area (Å²) in [5.74, 6) is 0. The molecule has 1 unspecified atom stereocenters. The third-order valence-electron chi connectivity index (χ3n) is 1.12. The van der Waals surface area contributed by atoms with Crippen molar-refractivity contribution < 1.29 is 4.74 Å². The summed E-state index contributed by atoms with van der Waals surface area (Å²) in [6.07, 6.45) is 1.44. The van der Waals surface area contributed by atoms with Crippen molar-refractivity contribution in [2.75, 3.05) is 13.2 Å². The lowest BCUT2D eigenvalue weighted by Crippen LogP contribution is -2.35. The largest absolute Gasteiger partial charge is 0.364 e. The van der Waals surface area contributed by atoms with Gasteiger partial charge < -0.3 is 4.74 Å². The molecule has 1 rings (SSSR count). The summed E-state index contributed by atoms with van der Waals surface area (Å²) in [5.41, 5.74) is 0. The molecule has 0 bridgehead atoms. The highest BCUT2D eigenvalue weighted by atomic mass is 35.5. The summed E-state index contributed by atoms with van der Waals surface area (Å²) < 4.78 is 5.17. The van der Waals surface area contributed by atoms with Crippen molar-refractivity contribution in [3.05, 3.63) is 0 Å². The molecule has 0 aromatic heterocycles. The molecule has 1 saturated heterocycles. The zero-order valence-corrected chi connectivity index (χ0v) is 5.83. The van der Waals surface area contributed by atoms with Gasteiger partial charge in [-0.05, 0) is 19.9 Å². The predicted molar refractivity (Wildman–Crippen MR) is 35.3 cm³/mol. The molecule has 0 radical (unpaired) electrons. The zero-order valence-electron chi connectivity index (χ0n) is 5.02. The topological polar surface area (TPSA) is 21.3 Å². The van der Waals surface area contributed by atoms with Gasteiger partial charge in [0.05, 0.1) is 0 Å². The zero-order chi connectivity index (χ0) is 5.11.